The molecule has 1 aliphatic rings. The van der Waals surface area contributed by atoms with Gasteiger partial charge in [-0.15, -0.1) is 0 Å². The van der Waals surface area contributed by atoms with Crippen molar-refractivity contribution in [3.63, 3.8) is 0 Å². The lowest BCUT2D eigenvalue weighted by Crippen LogP contribution is -2.66. The Morgan fingerprint density at radius 3 is 2.69 bits per heavy atom. The lowest BCUT2D eigenvalue weighted by Gasteiger charge is -2.46. The van der Waals surface area contributed by atoms with Gasteiger partial charge in [-0.05, 0) is 20.4 Å². The molecule has 0 bridgehead atoms. The molecular weight excluding hydrogens is 168 g/mol. The fourth-order valence-electron chi connectivity index (χ4n) is 1.92. The third kappa shape index (κ3) is 1.84. The van der Waals surface area contributed by atoms with Crippen molar-refractivity contribution in [2.75, 3.05) is 19.7 Å². The molecule has 1 unspecified atom stereocenters. The summed E-state index contributed by atoms with van der Waals surface area (Å²) in [7, 11) is 0. The van der Waals surface area contributed by atoms with E-state index in [1.807, 2.05) is 11.8 Å². The average Bonchev–Trinajstić information content (AvgIpc) is 2.08. The van der Waals surface area contributed by atoms with E-state index in [1.54, 1.807) is 0 Å². The summed E-state index contributed by atoms with van der Waals surface area (Å²) in [6.45, 7) is 7.46. The zero-order valence-electron chi connectivity index (χ0n) is 8.50. The molecule has 1 saturated heterocycles. The number of amides is 1. The summed E-state index contributed by atoms with van der Waals surface area (Å²) < 4.78 is 0. The lowest BCUT2D eigenvalue weighted by molar-refractivity contribution is -0.136. The first-order valence-electron chi connectivity index (χ1n) is 4.68. The Labute approximate surface area is 78.9 Å². The normalized spacial score (nSPS) is 28.6. The molecule has 0 spiro atoms. The smallest absolute Gasteiger partial charge is 0.239 e. The van der Waals surface area contributed by atoms with Gasteiger partial charge < -0.3 is 10.4 Å². The molecule has 1 amide bonds. The number of piperazine rings is 1. The quantitative estimate of drug-likeness (QED) is 0.615. The van der Waals surface area contributed by atoms with E-state index in [0.717, 1.165) is 6.54 Å². The molecule has 1 heterocycles. The van der Waals surface area contributed by atoms with Crippen LogP contribution in [0.1, 0.15) is 20.8 Å². The molecule has 76 valence electrons. The predicted molar refractivity (Wildman–Crippen MR) is 50.3 cm³/mol. The number of likely N-dealkylation sites (N-methyl/N-ethyl adjacent to an activating group) is 1. The highest BCUT2D eigenvalue weighted by atomic mass is 16.3. The van der Waals surface area contributed by atoms with Gasteiger partial charge in [0.05, 0.1) is 6.61 Å². The van der Waals surface area contributed by atoms with Gasteiger partial charge in [0.25, 0.3) is 0 Å². The minimum absolute atomic E-state index is 0.0595. The molecule has 13 heavy (non-hydrogen) atoms. The predicted octanol–water partition coefficient (Wildman–Crippen LogP) is -0.422. The summed E-state index contributed by atoms with van der Waals surface area (Å²) in [5.74, 6) is -0.0660. The van der Waals surface area contributed by atoms with Gasteiger partial charge in [-0.2, -0.15) is 0 Å². The minimum Gasteiger partial charge on any atom is -0.394 e. The van der Waals surface area contributed by atoms with Crippen LogP contribution >= 0.6 is 0 Å². The van der Waals surface area contributed by atoms with Crippen molar-refractivity contribution in [1.29, 1.82) is 0 Å². The Morgan fingerprint density at radius 1 is 1.69 bits per heavy atom. The topological polar surface area (TPSA) is 52.6 Å². The molecule has 1 atom stereocenters. The van der Waals surface area contributed by atoms with Gasteiger partial charge in [-0.1, -0.05) is 6.92 Å². The number of rotatable bonds is 2. The van der Waals surface area contributed by atoms with Crippen molar-refractivity contribution < 1.29 is 9.90 Å². The molecule has 0 aromatic heterocycles. The number of nitrogens with zero attached hydrogens (tertiary/aromatic N) is 1. The van der Waals surface area contributed by atoms with Crippen molar-refractivity contribution in [2.45, 2.75) is 32.4 Å². The number of carbonyl (C=O) groups is 1. The van der Waals surface area contributed by atoms with Crippen LogP contribution in [-0.2, 0) is 4.79 Å². The van der Waals surface area contributed by atoms with E-state index < -0.39 is 0 Å². The van der Waals surface area contributed by atoms with Crippen LogP contribution in [0.15, 0.2) is 0 Å². The largest absolute Gasteiger partial charge is 0.394 e. The second-order valence-corrected chi connectivity index (χ2v) is 4.01. The number of aliphatic hydroxyl groups is 1. The summed E-state index contributed by atoms with van der Waals surface area (Å²) in [5, 5.41) is 11.9. The van der Waals surface area contributed by atoms with Crippen LogP contribution < -0.4 is 5.32 Å². The number of nitrogens with one attached hydrogen (secondary N) is 1. The van der Waals surface area contributed by atoms with E-state index in [2.05, 4.69) is 19.2 Å². The van der Waals surface area contributed by atoms with Crippen LogP contribution in [0, 0.1) is 0 Å². The molecule has 2 N–H and O–H groups in total. The number of carbonyl (C=O) groups excluding carboxylic acids is 1. The number of aliphatic hydroxyl groups excluding tert-OH is 1. The Balaban J connectivity index is 2.83. The summed E-state index contributed by atoms with van der Waals surface area (Å²) in [6.07, 6.45) is 0. The van der Waals surface area contributed by atoms with Crippen molar-refractivity contribution in [3.05, 3.63) is 0 Å². The van der Waals surface area contributed by atoms with Crippen molar-refractivity contribution in [1.82, 2.24) is 10.2 Å². The van der Waals surface area contributed by atoms with Crippen molar-refractivity contribution in [3.8, 4) is 0 Å². The van der Waals surface area contributed by atoms with Gasteiger partial charge in [-0.25, -0.2) is 0 Å². The third-order valence-electron chi connectivity index (χ3n) is 2.67. The van der Waals surface area contributed by atoms with Crippen molar-refractivity contribution in [2.24, 2.45) is 0 Å². The van der Waals surface area contributed by atoms with E-state index in [0.29, 0.717) is 6.54 Å². The van der Waals surface area contributed by atoms with Gasteiger partial charge >= 0.3 is 0 Å². The van der Waals surface area contributed by atoms with Gasteiger partial charge in [0.1, 0.15) is 6.04 Å². The summed E-state index contributed by atoms with van der Waals surface area (Å²) >= 11 is 0. The van der Waals surface area contributed by atoms with E-state index in [9.17, 15) is 4.79 Å². The minimum atomic E-state index is -0.381. The molecule has 0 aromatic rings. The van der Waals surface area contributed by atoms with E-state index in [-0.39, 0.29) is 24.1 Å². The second-order valence-electron chi connectivity index (χ2n) is 4.01. The zero-order chi connectivity index (χ0) is 10.1. The molecule has 0 aromatic carbocycles. The van der Waals surface area contributed by atoms with E-state index in [1.165, 1.54) is 0 Å². The first kappa shape index (κ1) is 10.5. The summed E-state index contributed by atoms with van der Waals surface area (Å²) in [5.41, 5.74) is -0.0595. The van der Waals surface area contributed by atoms with Crippen LogP contribution in [0.4, 0.5) is 0 Å². The highest BCUT2D eigenvalue weighted by molar-refractivity contribution is 5.83. The standard InChI is InChI=1S/C9H18N2O2/c1-4-11-7(5-12)8(13)10-6-9(11,2)3/h7,12H,4-6H2,1-3H3,(H,10,13). The van der Waals surface area contributed by atoms with Crippen LogP contribution in [-0.4, -0.2) is 47.2 Å². The van der Waals surface area contributed by atoms with Crippen LogP contribution in [0.2, 0.25) is 0 Å². The van der Waals surface area contributed by atoms with Crippen LogP contribution in [0.25, 0.3) is 0 Å². The molecule has 0 radical (unpaired) electrons. The molecule has 0 aliphatic carbocycles. The van der Waals surface area contributed by atoms with Crippen molar-refractivity contribution >= 4 is 5.91 Å². The molecule has 4 nitrogen and oxygen atoms in total. The van der Waals surface area contributed by atoms with Crippen LogP contribution in [0.3, 0.4) is 0 Å². The summed E-state index contributed by atoms with van der Waals surface area (Å²) in [4.78, 5) is 13.4. The fourth-order valence-corrected chi connectivity index (χ4v) is 1.92. The Hall–Kier alpha value is -0.610. The molecule has 4 heteroatoms. The lowest BCUT2D eigenvalue weighted by atomic mass is 9.96. The second kappa shape index (κ2) is 3.64. The van der Waals surface area contributed by atoms with E-state index in [4.69, 9.17) is 5.11 Å². The van der Waals surface area contributed by atoms with E-state index >= 15 is 0 Å². The van der Waals surface area contributed by atoms with Gasteiger partial charge in [0.15, 0.2) is 0 Å². The first-order chi connectivity index (χ1) is 6.03. The number of hydrogen-bond acceptors (Lipinski definition) is 3. The maximum Gasteiger partial charge on any atom is 0.239 e. The third-order valence-corrected chi connectivity index (χ3v) is 2.67. The first-order valence-corrected chi connectivity index (χ1v) is 4.68. The van der Waals surface area contributed by atoms with Gasteiger partial charge in [0.2, 0.25) is 5.91 Å². The maximum atomic E-state index is 11.4. The molecular formula is C9H18N2O2. The highest BCUT2D eigenvalue weighted by Crippen LogP contribution is 2.20. The Kier molecular flexibility index (Phi) is 2.93. The average molecular weight is 186 g/mol. The SMILES string of the molecule is CCN1C(CO)C(=O)NCC1(C)C. The molecule has 0 saturated carbocycles. The molecule has 1 aliphatic heterocycles. The van der Waals surface area contributed by atoms with Gasteiger partial charge in [-0.3, -0.25) is 9.69 Å². The monoisotopic (exact) mass is 186 g/mol. The summed E-state index contributed by atoms with van der Waals surface area (Å²) in [6, 6.07) is -0.381. The number of hydrogen-bond donors (Lipinski definition) is 2. The fraction of sp³-hybridized carbons (Fsp3) is 0.889. The zero-order valence-corrected chi connectivity index (χ0v) is 8.50. The maximum absolute atomic E-state index is 11.4. The van der Waals surface area contributed by atoms with Crippen LogP contribution in [0.5, 0.6) is 0 Å². The van der Waals surface area contributed by atoms with Gasteiger partial charge in [0, 0.05) is 12.1 Å². The highest BCUT2D eigenvalue weighted by Gasteiger charge is 2.39. The molecule has 1 fully saturated rings. The Bertz CT molecular complexity index is 204. The Morgan fingerprint density at radius 2 is 2.31 bits per heavy atom. The molecule has 1 rings (SSSR count).